The number of nitrogens with zero attached hydrogens (tertiary/aromatic N) is 1. The zero-order valence-electron chi connectivity index (χ0n) is 9.52. The number of hydrogen-bond donors (Lipinski definition) is 2. The summed E-state index contributed by atoms with van der Waals surface area (Å²) in [6.07, 6.45) is 2.46. The number of carbonyl (C=O) groups is 1. The summed E-state index contributed by atoms with van der Waals surface area (Å²) >= 11 is 7.40. The van der Waals surface area contributed by atoms with E-state index in [9.17, 15) is 4.79 Å². The van der Waals surface area contributed by atoms with Crippen LogP contribution in [0.4, 0.5) is 5.69 Å². The number of hydrogen-bond acceptors (Lipinski definition) is 4. The maximum atomic E-state index is 11.9. The fourth-order valence-corrected chi connectivity index (χ4v) is 2.27. The molecule has 0 saturated heterocycles. The van der Waals surface area contributed by atoms with E-state index in [4.69, 9.17) is 17.3 Å². The van der Waals surface area contributed by atoms with Crippen LogP contribution in [0.15, 0.2) is 29.8 Å². The van der Waals surface area contributed by atoms with E-state index in [-0.39, 0.29) is 5.91 Å². The summed E-state index contributed by atoms with van der Waals surface area (Å²) in [5, 5.41) is 6.19. The van der Waals surface area contributed by atoms with Gasteiger partial charge in [0.15, 0.2) is 0 Å². The highest BCUT2D eigenvalue weighted by Gasteiger charge is 2.09. The van der Waals surface area contributed by atoms with Gasteiger partial charge in [0, 0.05) is 35.3 Å². The molecule has 1 amide bonds. The van der Waals surface area contributed by atoms with Crippen LogP contribution in [0.2, 0.25) is 5.02 Å². The summed E-state index contributed by atoms with van der Waals surface area (Å²) in [6, 6.07) is 4.84. The first-order valence-corrected chi connectivity index (χ1v) is 6.64. The number of aromatic nitrogens is 1. The summed E-state index contributed by atoms with van der Waals surface area (Å²) in [6.45, 7) is 0.526. The third-order valence-corrected chi connectivity index (χ3v) is 3.44. The minimum atomic E-state index is -0.216. The predicted octanol–water partition coefficient (Wildman–Crippen LogP) is 2.35. The standard InChI is InChI=1S/C12H12ClN3OS/c13-8-1-2-10(14)9(7-8)12(17)16-4-3-11-15-5-6-18-11/h1-2,5-7H,3-4,14H2,(H,16,17). The molecule has 18 heavy (non-hydrogen) atoms. The summed E-state index contributed by atoms with van der Waals surface area (Å²) in [5.74, 6) is -0.216. The van der Waals surface area contributed by atoms with E-state index in [0.29, 0.717) is 29.2 Å². The lowest BCUT2D eigenvalue weighted by Crippen LogP contribution is -2.26. The van der Waals surface area contributed by atoms with Gasteiger partial charge < -0.3 is 11.1 Å². The first-order valence-electron chi connectivity index (χ1n) is 5.38. The number of amides is 1. The van der Waals surface area contributed by atoms with E-state index in [1.807, 2.05) is 5.38 Å². The maximum Gasteiger partial charge on any atom is 0.253 e. The average Bonchev–Trinajstić information content (AvgIpc) is 2.85. The second kappa shape index (κ2) is 5.84. The molecule has 2 aromatic rings. The Labute approximate surface area is 114 Å². The lowest BCUT2D eigenvalue weighted by Gasteiger charge is -2.07. The minimum Gasteiger partial charge on any atom is -0.398 e. The first-order chi connectivity index (χ1) is 8.66. The zero-order chi connectivity index (χ0) is 13.0. The van der Waals surface area contributed by atoms with Gasteiger partial charge in [0.2, 0.25) is 0 Å². The van der Waals surface area contributed by atoms with Crippen molar-refractivity contribution < 1.29 is 4.79 Å². The van der Waals surface area contributed by atoms with Crippen LogP contribution in [0.5, 0.6) is 0 Å². The topological polar surface area (TPSA) is 68.0 Å². The molecule has 0 spiro atoms. The molecule has 0 bridgehead atoms. The average molecular weight is 282 g/mol. The van der Waals surface area contributed by atoms with Crippen LogP contribution in [0.3, 0.4) is 0 Å². The Kier molecular flexibility index (Phi) is 4.17. The van der Waals surface area contributed by atoms with Gasteiger partial charge in [-0.1, -0.05) is 11.6 Å². The molecule has 2 rings (SSSR count). The van der Waals surface area contributed by atoms with E-state index < -0.39 is 0 Å². The van der Waals surface area contributed by atoms with Gasteiger partial charge in [-0.2, -0.15) is 0 Å². The predicted molar refractivity (Wildman–Crippen MR) is 74.0 cm³/mol. The van der Waals surface area contributed by atoms with Crippen molar-refractivity contribution in [3.05, 3.63) is 45.4 Å². The molecule has 0 aliphatic carbocycles. The van der Waals surface area contributed by atoms with Crippen molar-refractivity contribution in [2.24, 2.45) is 0 Å². The van der Waals surface area contributed by atoms with Crippen molar-refractivity contribution in [1.29, 1.82) is 0 Å². The number of benzene rings is 1. The lowest BCUT2D eigenvalue weighted by molar-refractivity contribution is 0.0955. The highest BCUT2D eigenvalue weighted by molar-refractivity contribution is 7.09. The minimum absolute atomic E-state index is 0.216. The van der Waals surface area contributed by atoms with Gasteiger partial charge in [-0.05, 0) is 18.2 Å². The number of halogens is 1. The molecule has 6 heteroatoms. The number of nitrogen functional groups attached to an aromatic ring is 1. The van der Waals surface area contributed by atoms with Crippen LogP contribution in [-0.2, 0) is 6.42 Å². The van der Waals surface area contributed by atoms with Crippen molar-refractivity contribution in [2.45, 2.75) is 6.42 Å². The van der Waals surface area contributed by atoms with Gasteiger partial charge in [0.1, 0.15) is 0 Å². The Hall–Kier alpha value is -1.59. The van der Waals surface area contributed by atoms with Crippen LogP contribution in [0.25, 0.3) is 0 Å². The number of nitrogens with two attached hydrogens (primary N) is 1. The summed E-state index contributed by atoms with van der Waals surface area (Å²) in [7, 11) is 0. The van der Waals surface area contributed by atoms with E-state index in [1.165, 1.54) is 0 Å². The van der Waals surface area contributed by atoms with Crippen molar-refractivity contribution in [3.8, 4) is 0 Å². The van der Waals surface area contributed by atoms with Crippen molar-refractivity contribution in [3.63, 3.8) is 0 Å². The number of carbonyl (C=O) groups excluding carboxylic acids is 1. The van der Waals surface area contributed by atoms with Gasteiger partial charge >= 0.3 is 0 Å². The molecular formula is C12H12ClN3OS. The fourth-order valence-electron chi connectivity index (χ4n) is 1.48. The van der Waals surface area contributed by atoms with Crippen molar-refractivity contribution in [2.75, 3.05) is 12.3 Å². The van der Waals surface area contributed by atoms with Crippen LogP contribution < -0.4 is 11.1 Å². The van der Waals surface area contributed by atoms with E-state index in [0.717, 1.165) is 5.01 Å². The number of thiazole rings is 1. The Bertz CT molecular complexity index is 542. The smallest absolute Gasteiger partial charge is 0.253 e. The molecule has 0 saturated carbocycles. The monoisotopic (exact) mass is 281 g/mol. The van der Waals surface area contributed by atoms with Gasteiger partial charge in [0.05, 0.1) is 10.6 Å². The van der Waals surface area contributed by atoms with Crippen LogP contribution >= 0.6 is 22.9 Å². The molecule has 0 atom stereocenters. The molecule has 0 radical (unpaired) electrons. The normalized spacial score (nSPS) is 10.3. The van der Waals surface area contributed by atoms with Gasteiger partial charge in [-0.25, -0.2) is 4.98 Å². The molecule has 0 aliphatic heterocycles. The van der Waals surface area contributed by atoms with Crippen molar-refractivity contribution in [1.82, 2.24) is 10.3 Å². The molecule has 94 valence electrons. The Morgan fingerprint density at radius 2 is 2.33 bits per heavy atom. The van der Waals surface area contributed by atoms with E-state index in [1.54, 1.807) is 35.7 Å². The summed E-state index contributed by atoms with van der Waals surface area (Å²) < 4.78 is 0. The highest BCUT2D eigenvalue weighted by Crippen LogP contribution is 2.17. The SMILES string of the molecule is Nc1ccc(Cl)cc1C(=O)NCCc1nccs1. The van der Waals surface area contributed by atoms with Crippen molar-refractivity contribution >= 4 is 34.5 Å². The van der Waals surface area contributed by atoms with Crippen LogP contribution in [0.1, 0.15) is 15.4 Å². The molecule has 1 aromatic heterocycles. The Morgan fingerprint density at radius 3 is 3.06 bits per heavy atom. The fraction of sp³-hybridized carbons (Fsp3) is 0.167. The zero-order valence-corrected chi connectivity index (χ0v) is 11.1. The summed E-state index contributed by atoms with van der Waals surface area (Å²) in [5.41, 5.74) is 6.55. The third kappa shape index (κ3) is 3.21. The molecule has 1 aromatic carbocycles. The molecular weight excluding hydrogens is 270 g/mol. The highest BCUT2D eigenvalue weighted by atomic mass is 35.5. The van der Waals surface area contributed by atoms with Crippen LogP contribution in [-0.4, -0.2) is 17.4 Å². The molecule has 0 unspecified atom stereocenters. The largest absolute Gasteiger partial charge is 0.398 e. The number of nitrogens with one attached hydrogen (secondary N) is 1. The number of rotatable bonds is 4. The number of anilines is 1. The first kappa shape index (κ1) is 12.9. The second-order valence-corrected chi connectivity index (χ2v) is 5.08. The van der Waals surface area contributed by atoms with E-state index in [2.05, 4.69) is 10.3 Å². The van der Waals surface area contributed by atoms with E-state index >= 15 is 0 Å². The molecule has 1 heterocycles. The van der Waals surface area contributed by atoms with Gasteiger partial charge in [-0.15, -0.1) is 11.3 Å². The maximum absolute atomic E-state index is 11.9. The third-order valence-electron chi connectivity index (χ3n) is 2.37. The summed E-state index contributed by atoms with van der Waals surface area (Å²) in [4.78, 5) is 16.0. The van der Waals surface area contributed by atoms with Gasteiger partial charge in [-0.3, -0.25) is 4.79 Å². The van der Waals surface area contributed by atoms with Gasteiger partial charge in [0.25, 0.3) is 5.91 Å². The molecule has 0 aliphatic rings. The Morgan fingerprint density at radius 1 is 1.50 bits per heavy atom. The molecule has 4 nitrogen and oxygen atoms in total. The lowest BCUT2D eigenvalue weighted by atomic mass is 10.1. The molecule has 0 fully saturated rings. The van der Waals surface area contributed by atoms with Crippen LogP contribution in [0, 0.1) is 0 Å². The molecule has 3 N–H and O–H groups in total. The second-order valence-electron chi connectivity index (χ2n) is 3.66. The quantitative estimate of drug-likeness (QED) is 0.846. The Balaban J connectivity index is 1.93.